The lowest BCUT2D eigenvalue weighted by Crippen LogP contribution is -2.14. The standard InChI is InChI=1S/C17H14FN3O/c18-14-5-1-12(2-6-14)9-17(22)21-15-7-3-13(4-8-15)16-10-19-11-20-16/h1-8,10-11H,9H2,(H,19,20)(H,21,22). The van der Waals surface area contributed by atoms with E-state index < -0.39 is 0 Å². The minimum absolute atomic E-state index is 0.138. The number of benzene rings is 2. The lowest BCUT2D eigenvalue weighted by Gasteiger charge is -2.06. The number of hydrogen-bond acceptors (Lipinski definition) is 2. The van der Waals surface area contributed by atoms with Crippen LogP contribution in [0.15, 0.2) is 61.1 Å². The smallest absolute Gasteiger partial charge is 0.228 e. The Labute approximate surface area is 127 Å². The van der Waals surface area contributed by atoms with E-state index in [9.17, 15) is 9.18 Å². The number of nitrogens with zero attached hydrogens (tertiary/aromatic N) is 1. The summed E-state index contributed by atoms with van der Waals surface area (Å²) in [6, 6.07) is 13.4. The SMILES string of the molecule is O=C(Cc1ccc(F)cc1)Nc1ccc(-c2cnc[nH]2)cc1. The van der Waals surface area contributed by atoms with E-state index in [4.69, 9.17) is 0 Å². The van der Waals surface area contributed by atoms with Gasteiger partial charge >= 0.3 is 0 Å². The second-order valence-electron chi connectivity index (χ2n) is 4.89. The van der Waals surface area contributed by atoms with Crippen LogP contribution in [0.5, 0.6) is 0 Å². The minimum Gasteiger partial charge on any atom is -0.345 e. The van der Waals surface area contributed by atoms with Gasteiger partial charge in [0.2, 0.25) is 5.91 Å². The molecule has 3 rings (SSSR count). The molecule has 0 aliphatic rings. The average Bonchev–Trinajstić information content (AvgIpc) is 3.05. The van der Waals surface area contributed by atoms with Crippen LogP contribution in [0.1, 0.15) is 5.56 Å². The van der Waals surface area contributed by atoms with Crippen molar-refractivity contribution in [2.45, 2.75) is 6.42 Å². The summed E-state index contributed by atoms with van der Waals surface area (Å²) in [6.07, 6.45) is 3.57. The van der Waals surface area contributed by atoms with Crippen LogP contribution in [0, 0.1) is 5.82 Å². The summed E-state index contributed by atoms with van der Waals surface area (Å²) in [5.41, 5.74) is 3.40. The monoisotopic (exact) mass is 295 g/mol. The Bertz CT molecular complexity index is 750. The van der Waals surface area contributed by atoms with Crippen LogP contribution in [0.25, 0.3) is 11.3 Å². The predicted octanol–water partition coefficient (Wildman–Crippen LogP) is 3.40. The van der Waals surface area contributed by atoms with Gasteiger partial charge in [0.15, 0.2) is 0 Å². The van der Waals surface area contributed by atoms with Crippen LogP contribution in [0.4, 0.5) is 10.1 Å². The molecule has 2 N–H and O–H groups in total. The van der Waals surface area contributed by atoms with E-state index in [1.807, 2.05) is 24.3 Å². The fraction of sp³-hybridized carbons (Fsp3) is 0.0588. The Balaban J connectivity index is 1.63. The highest BCUT2D eigenvalue weighted by atomic mass is 19.1. The molecule has 0 aliphatic heterocycles. The van der Waals surface area contributed by atoms with Gasteiger partial charge in [0.05, 0.1) is 24.6 Å². The number of halogens is 1. The number of hydrogen-bond donors (Lipinski definition) is 2. The molecule has 0 fully saturated rings. The second kappa shape index (κ2) is 6.22. The molecule has 0 spiro atoms. The molecule has 0 saturated carbocycles. The molecule has 110 valence electrons. The number of rotatable bonds is 4. The number of carbonyl (C=O) groups excluding carboxylic acids is 1. The zero-order valence-electron chi connectivity index (χ0n) is 11.7. The van der Waals surface area contributed by atoms with Gasteiger partial charge in [-0.3, -0.25) is 4.79 Å². The topological polar surface area (TPSA) is 57.8 Å². The van der Waals surface area contributed by atoms with E-state index in [1.54, 1.807) is 24.7 Å². The van der Waals surface area contributed by atoms with Crippen LogP contribution in [-0.4, -0.2) is 15.9 Å². The molecule has 22 heavy (non-hydrogen) atoms. The summed E-state index contributed by atoms with van der Waals surface area (Å²) in [4.78, 5) is 19.0. The van der Waals surface area contributed by atoms with Crippen LogP contribution in [-0.2, 0) is 11.2 Å². The fourth-order valence-corrected chi connectivity index (χ4v) is 2.14. The molecular weight excluding hydrogens is 281 g/mol. The second-order valence-corrected chi connectivity index (χ2v) is 4.89. The third-order valence-electron chi connectivity index (χ3n) is 3.26. The zero-order chi connectivity index (χ0) is 15.4. The summed E-state index contributed by atoms with van der Waals surface area (Å²) in [6.45, 7) is 0. The van der Waals surface area contributed by atoms with Crippen LogP contribution < -0.4 is 5.32 Å². The summed E-state index contributed by atoms with van der Waals surface area (Å²) in [5, 5.41) is 2.82. The van der Waals surface area contributed by atoms with Crippen molar-refractivity contribution in [3.05, 3.63) is 72.4 Å². The fourth-order valence-electron chi connectivity index (χ4n) is 2.14. The maximum atomic E-state index is 12.8. The highest BCUT2D eigenvalue weighted by Gasteiger charge is 2.05. The molecule has 2 aromatic carbocycles. The normalized spacial score (nSPS) is 10.4. The molecule has 1 heterocycles. The first kappa shape index (κ1) is 14.0. The first-order valence-electron chi connectivity index (χ1n) is 6.84. The van der Waals surface area contributed by atoms with Gasteiger partial charge in [-0.2, -0.15) is 0 Å². The molecule has 4 nitrogen and oxygen atoms in total. The summed E-state index contributed by atoms with van der Waals surface area (Å²) in [7, 11) is 0. The number of H-pyrrole nitrogens is 1. The molecule has 3 aromatic rings. The van der Waals surface area contributed by atoms with Gasteiger partial charge in [0, 0.05) is 5.69 Å². The average molecular weight is 295 g/mol. The van der Waals surface area contributed by atoms with E-state index in [2.05, 4.69) is 15.3 Å². The highest BCUT2D eigenvalue weighted by Crippen LogP contribution is 2.18. The summed E-state index contributed by atoms with van der Waals surface area (Å²) < 4.78 is 12.8. The third kappa shape index (κ3) is 3.38. The van der Waals surface area contributed by atoms with Crippen molar-refractivity contribution in [2.24, 2.45) is 0 Å². The zero-order valence-corrected chi connectivity index (χ0v) is 11.7. The van der Waals surface area contributed by atoms with Crippen LogP contribution >= 0.6 is 0 Å². The van der Waals surface area contributed by atoms with Crippen molar-refractivity contribution in [1.82, 2.24) is 9.97 Å². The Morgan fingerprint density at radius 3 is 2.45 bits per heavy atom. The molecule has 1 aromatic heterocycles. The van der Waals surface area contributed by atoms with Gasteiger partial charge in [-0.25, -0.2) is 9.37 Å². The summed E-state index contributed by atoms with van der Waals surface area (Å²) in [5.74, 6) is -0.445. The minimum atomic E-state index is -0.307. The number of anilines is 1. The van der Waals surface area contributed by atoms with Gasteiger partial charge < -0.3 is 10.3 Å². The van der Waals surface area contributed by atoms with E-state index in [0.717, 1.165) is 22.5 Å². The van der Waals surface area contributed by atoms with Crippen molar-refractivity contribution >= 4 is 11.6 Å². The molecule has 0 bridgehead atoms. The number of aromatic nitrogens is 2. The van der Waals surface area contributed by atoms with Gasteiger partial charge in [0.25, 0.3) is 0 Å². The lowest BCUT2D eigenvalue weighted by molar-refractivity contribution is -0.115. The van der Waals surface area contributed by atoms with Crippen molar-refractivity contribution < 1.29 is 9.18 Å². The number of amides is 1. The first-order valence-corrected chi connectivity index (χ1v) is 6.84. The lowest BCUT2D eigenvalue weighted by atomic mass is 10.1. The Morgan fingerprint density at radius 1 is 1.09 bits per heavy atom. The predicted molar refractivity (Wildman–Crippen MR) is 82.8 cm³/mol. The van der Waals surface area contributed by atoms with Crippen LogP contribution in [0.2, 0.25) is 0 Å². The Morgan fingerprint density at radius 2 is 1.82 bits per heavy atom. The Hall–Kier alpha value is -2.95. The van der Waals surface area contributed by atoms with E-state index in [1.165, 1.54) is 12.1 Å². The van der Waals surface area contributed by atoms with Crippen molar-refractivity contribution in [3.63, 3.8) is 0 Å². The largest absolute Gasteiger partial charge is 0.345 e. The van der Waals surface area contributed by atoms with Crippen LogP contribution in [0.3, 0.4) is 0 Å². The number of aromatic amines is 1. The quantitative estimate of drug-likeness (QED) is 0.775. The molecule has 5 heteroatoms. The van der Waals surface area contributed by atoms with Crippen molar-refractivity contribution in [1.29, 1.82) is 0 Å². The molecule has 0 unspecified atom stereocenters. The molecule has 0 saturated heterocycles. The number of imidazole rings is 1. The first-order chi connectivity index (χ1) is 10.7. The number of carbonyl (C=O) groups is 1. The third-order valence-corrected chi connectivity index (χ3v) is 3.26. The highest BCUT2D eigenvalue weighted by molar-refractivity contribution is 5.92. The maximum absolute atomic E-state index is 12.8. The maximum Gasteiger partial charge on any atom is 0.228 e. The molecule has 0 aliphatic carbocycles. The Kier molecular flexibility index (Phi) is 3.96. The van der Waals surface area contributed by atoms with Crippen molar-refractivity contribution in [2.75, 3.05) is 5.32 Å². The number of nitrogens with one attached hydrogen (secondary N) is 2. The molecule has 0 radical (unpaired) electrons. The van der Waals surface area contributed by atoms with E-state index >= 15 is 0 Å². The van der Waals surface area contributed by atoms with Gasteiger partial charge in [-0.05, 0) is 35.4 Å². The van der Waals surface area contributed by atoms with Gasteiger partial charge in [-0.1, -0.05) is 24.3 Å². The summed E-state index contributed by atoms with van der Waals surface area (Å²) >= 11 is 0. The van der Waals surface area contributed by atoms with E-state index in [-0.39, 0.29) is 18.1 Å². The van der Waals surface area contributed by atoms with Gasteiger partial charge in [-0.15, -0.1) is 0 Å². The van der Waals surface area contributed by atoms with E-state index in [0.29, 0.717) is 0 Å². The molecular formula is C17H14FN3O. The molecule has 0 atom stereocenters. The molecule has 1 amide bonds. The van der Waals surface area contributed by atoms with Crippen molar-refractivity contribution in [3.8, 4) is 11.3 Å². The van der Waals surface area contributed by atoms with Gasteiger partial charge in [0.1, 0.15) is 5.82 Å².